The van der Waals surface area contributed by atoms with E-state index >= 15 is 0 Å². The van der Waals surface area contributed by atoms with Crippen LogP contribution in [-0.2, 0) is 4.79 Å². The van der Waals surface area contributed by atoms with E-state index in [1.807, 2.05) is 0 Å². The average molecular weight is 273 g/mol. The number of nitro benzene ring substituents is 1. The number of aliphatic carboxylic acids is 1. The molecule has 96 valence electrons. The molecule has 2 atom stereocenters. The van der Waals surface area contributed by atoms with E-state index < -0.39 is 22.7 Å². The third-order valence-electron chi connectivity index (χ3n) is 2.90. The summed E-state index contributed by atoms with van der Waals surface area (Å²) in [6.45, 7) is 2.88. The molecule has 0 amide bonds. The predicted molar refractivity (Wildman–Crippen MR) is 60.8 cm³/mol. The largest absolute Gasteiger partial charge is 1.00 e. The van der Waals surface area contributed by atoms with Gasteiger partial charge in [-0.15, -0.1) is 0 Å². The molecule has 2 unspecified atom stereocenters. The zero-order valence-corrected chi connectivity index (χ0v) is 13.0. The second-order valence-electron chi connectivity index (χ2n) is 4.06. The van der Waals surface area contributed by atoms with Crippen molar-refractivity contribution in [1.82, 2.24) is 0 Å². The van der Waals surface area contributed by atoms with Gasteiger partial charge in [-0.2, -0.15) is 0 Å². The van der Waals surface area contributed by atoms with Crippen LogP contribution in [0.2, 0.25) is 0 Å². The molecular weight excluding hydrogens is 261 g/mol. The van der Waals surface area contributed by atoms with Crippen LogP contribution in [0.5, 0.6) is 0 Å². The molecule has 0 aliphatic heterocycles. The van der Waals surface area contributed by atoms with Gasteiger partial charge >= 0.3 is 29.6 Å². The normalized spacial score (nSPS) is 12.9. The Morgan fingerprint density at radius 1 is 1.11 bits per heavy atom. The zero-order chi connectivity index (χ0) is 13.9. The number of carbonyl (C=O) groups is 2. The SMILES string of the molecule is CC(C(=O)[O-])C(C)C(=O)c1ccc([N+](=O)[O-])cc1.[Na+]. The van der Waals surface area contributed by atoms with Gasteiger partial charge in [0.05, 0.1) is 4.92 Å². The molecule has 1 rings (SSSR count). The fourth-order valence-electron chi connectivity index (χ4n) is 1.44. The van der Waals surface area contributed by atoms with Crippen molar-refractivity contribution in [3.63, 3.8) is 0 Å². The zero-order valence-electron chi connectivity index (χ0n) is 11.0. The first-order valence-electron chi connectivity index (χ1n) is 5.34. The van der Waals surface area contributed by atoms with Crippen LogP contribution in [0.4, 0.5) is 5.69 Å². The van der Waals surface area contributed by atoms with Crippen LogP contribution in [0.3, 0.4) is 0 Å². The monoisotopic (exact) mass is 273 g/mol. The molecule has 6 nitrogen and oxygen atoms in total. The molecule has 1 aromatic rings. The van der Waals surface area contributed by atoms with Crippen LogP contribution in [0.1, 0.15) is 24.2 Å². The fraction of sp³-hybridized carbons (Fsp3) is 0.333. The average Bonchev–Trinajstić information content (AvgIpc) is 2.36. The van der Waals surface area contributed by atoms with Gasteiger partial charge in [0, 0.05) is 35.5 Å². The third kappa shape index (κ3) is 4.41. The van der Waals surface area contributed by atoms with E-state index in [1.165, 1.54) is 38.1 Å². The summed E-state index contributed by atoms with van der Waals surface area (Å²) in [4.78, 5) is 32.5. The van der Waals surface area contributed by atoms with Crippen LogP contribution in [0, 0.1) is 22.0 Å². The summed E-state index contributed by atoms with van der Waals surface area (Å²) in [6.07, 6.45) is 0. The molecule has 0 N–H and O–H groups in total. The summed E-state index contributed by atoms with van der Waals surface area (Å²) in [5.41, 5.74) is 0.133. The van der Waals surface area contributed by atoms with Crippen molar-refractivity contribution in [1.29, 1.82) is 0 Å². The first kappa shape index (κ1) is 17.8. The number of carbonyl (C=O) groups excluding carboxylic acids is 2. The van der Waals surface area contributed by atoms with Crippen LogP contribution < -0.4 is 34.7 Å². The molecule has 19 heavy (non-hydrogen) atoms. The Morgan fingerprint density at radius 2 is 1.58 bits per heavy atom. The molecule has 0 saturated heterocycles. The quantitative estimate of drug-likeness (QED) is 0.262. The van der Waals surface area contributed by atoms with E-state index in [0.29, 0.717) is 0 Å². The molecule has 0 radical (unpaired) electrons. The van der Waals surface area contributed by atoms with Crippen molar-refractivity contribution in [3.8, 4) is 0 Å². The van der Waals surface area contributed by atoms with Gasteiger partial charge in [-0.3, -0.25) is 14.9 Å². The van der Waals surface area contributed by atoms with Gasteiger partial charge < -0.3 is 9.90 Å². The number of carboxylic acids is 1. The minimum Gasteiger partial charge on any atom is -0.550 e. The number of hydrogen-bond donors (Lipinski definition) is 0. The smallest absolute Gasteiger partial charge is 0.550 e. The van der Waals surface area contributed by atoms with Crippen molar-refractivity contribution in [3.05, 3.63) is 39.9 Å². The van der Waals surface area contributed by atoms with E-state index in [2.05, 4.69) is 0 Å². The van der Waals surface area contributed by atoms with Gasteiger partial charge in [0.25, 0.3) is 5.69 Å². The van der Waals surface area contributed by atoms with Crippen molar-refractivity contribution in [2.45, 2.75) is 13.8 Å². The minimum absolute atomic E-state index is 0. The first-order valence-corrected chi connectivity index (χ1v) is 5.34. The number of ketones is 1. The molecule has 0 aromatic heterocycles. The molecule has 1 aromatic carbocycles. The van der Waals surface area contributed by atoms with Gasteiger partial charge in [-0.25, -0.2) is 0 Å². The molecule has 0 spiro atoms. The topological polar surface area (TPSA) is 100 Å². The maximum atomic E-state index is 11.9. The number of benzene rings is 1. The molecule has 7 heteroatoms. The Kier molecular flexibility index (Phi) is 6.89. The Bertz CT molecular complexity index is 485. The number of rotatable bonds is 5. The second-order valence-corrected chi connectivity index (χ2v) is 4.06. The van der Waals surface area contributed by atoms with Crippen LogP contribution in [0.25, 0.3) is 0 Å². The number of non-ortho nitro benzene ring substituents is 1. The predicted octanol–water partition coefficient (Wildman–Crippen LogP) is -2.20. The molecule has 0 aliphatic carbocycles. The number of carboxylic acid groups (broad SMARTS) is 1. The van der Waals surface area contributed by atoms with Crippen molar-refractivity contribution < 1.29 is 49.2 Å². The number of Topliss-reactive ketones (excluding diaryl/α,β-unsaturated/α-hetero) is 1. The van der Waals surface area contributed by atoms with Gasteiger partial charge in [-0.05, 0) is 12.1 Å². The Labute approximate surface area is 132 Å². The van der Waals surface area contributed by atoms with E-state index in [9.17, 15) is 24.8 Å². The van der Waals surface area contributed by atoms with Gasteiger partial charge in [0.2, 0.25) is 0 Å². The van der Waals surface area contributed by atoms with Crippen LogP contribution in [0.15, 0.2) is 24.3 Å². The maximum absolute atomic E-state index is 11.9. The Morgan fingerprint density at radius 3 is 1.95 bits per heavy atom. The van der Waals surface area contributed by atoms with E-state index in [1.54, 1.807) is 0 Å². The number of nitro groups is 1. The molecule has 0 fully saturated rings. The summed E-state index contributed by atoms with van der Waals surface area (Å²) < 4.78 is 0. The van der Waals surface area contributed by atoms with Gasteiger partial charge in [0.1, 0.15) is 0 Å². The van der Waals surface area contributed by atoms with Gasteiger partial charge in [-0.1, -0.05) is 13.8 Å². The molecule has 0 saturated carbocycles. The summed E-state index contributed by atoms with van der Waals surface area (Å²) in [7, 11) is 0. The third-order valence-corrected chi connectivity index (χ3v) is 2.90. The summed E-state index contributed by atoms with van der Waals surface area (Å²) in [5.74, 6) is -3.32. The molecular formula is C12H12NNaO5. The van der Waals surface area contributed by atoms with Crippen molar-refractivity contribution >= 4 is 17.4 Å². The minimum atomic E-state index is -1.29. The summed E-state index contributed by atoms with van der Waals surface area (Å²) in [5, 5.41) is 21.1. The van der Waals surface area contributed by atoms with Crippen LogP contribution in [-0.4, -0.2) is 16.7 Å². The van der Waals surface area contributed by atoms with E-state index in [4.69, 9.17) is 0 Å². The number of nitrogens with zero attached hydrogens (tertiary/aromatic N) is 1. The van der Waals surface area contributed by atoms with E-state index in [-0.39, 0.29) is 46.6 Å². The standard InChI is InChI=1S/C12H13NO5.Na/c1-7(8(2)12(15)16)11(14)9-3-5-10(6-4-9)13(17)18;/h3-8H,1-2H3,(H,15,16);/q;+1/p-1. The fourth-order valence-corrected chi connectivity index (χ4v) is 1.44. The Hall–Kier alpha value is -1.24. The van der Waals surface area contributed by atoms with E-state index in [0.717, 1.165) is 0 Å². The first-order chi connectivity index (χ1) is 8.34. The van der Waals surface area contributed by atoms with Crippen molar-refractivity contribution in [2.75, 3.05) is 0 Å². The Balaban J connectivity index is 0.00000324. The van der Waals surface area contributed by atoms with Gasteiger partial charge in [0.15, 0.2) is 5.78 Å². The second kappa shape index (κ2) is 7.37. The molecule has 0 aliphatic rings. The van der Waals surface area contributed by atoms with Crippen LogP contribution >= 0.6 is 0 Å². The summed E-state index contributed by atoms with van der Waals surface area (Å²) >= 11 is 0. The maximum Gasteiger partial charge on any atom is 1.00 e. The molecule has 0 heterocycles. The number of hydrogen-bond acceptors (Lipinski definition) is 5. The molecule has 0 bridgehead atoms. The van der Waals surface area contributed by atoms with Crippen molar-refractivity contribution in [2.24, 2.45) is 11.8 Å². The summed E-state index contributed by atoms with van der Waals surface area (Å²) in [6, 6.07) is 5.06.